The normalized spacial score (nSPS) is 13.9. The molecule has 0 fully saturated rings. The molecule has 7 heteroatoms. The molecular formula is C29H25N3O4. The van der Waals surface area contributed by atoms with Crippen molar-refractivity contribution in [1.82, 2.24) is 10.2 Å². The number of nitrogens with zero attached hydrogens (tertiary/aromatic N) is 2. The van der Waals surface area contributed by atoms with Gasteiger partial charge >= 0.3 is 5.97 Å². The topological polar surface area (TPSA) is 90.4 Å². The van der Waals surface area contributed by atoms with Gasteiger partial charge in [-0.15, -0.1) is 10.2 Å². The maximum absolute atomic E-state index is 13.2. The Morgan fingerprint density at radius 1 is 0.944 bits per heavy atom. The van der Waals surface area contributed by atoms with Crippen LogP contribution in [0.15, 0.2) is 78.9 Å². The van der Waals surface area contributed by atoms with Crippen LogP contribution < -0.4 is 10.1 Å². The molecular weight excluding hydrogens is 454 g/mol. The minimum atomic E-state index is -0.555. The summed E-state index contributed by atoms with van der Waals surface area (Å²) in [6.45, 7) is 3.77. The van der Waals surface area contributed by atoms with Crippen molar-refractivity contribution in [2.24, 2.45) is 0 Å². The minimum absolute atomic E-state index is 0.00595. The summed E-state index contributed by atoms with van der Waals surface area (Å²) >= 11 is 0. The third-order valence-electron chi connectivity index (χ3n) is 5.99. The number of ether oxygens (including phenoxy) is 2. The largest absolute Gasteiger partial charge is 0.487 e. The Balaban J connectivity index is 1.66. The molecule has 0 spiro atoms. The molecule has 0 amide bonds. The molecule has 5 rings (SSSR count). The van der Waals surface area contributed by atoms with Crippen LogP contribution in [0.1, 0.15) is 41.0 Å². The van der Waals surface area contributed by atoms with Crippen LogP contribution in [0.25, 0.3) is 22.4 Å². The van der Waals surface area contributed by atoms with Crippen molar-refractivity contribution in [2.45, 2.75) is 25.9 Å². The Morgan fingerprint density at radius 3 is 2.28 bits per heavy atom. The van der Waals surface area contributed by atoms with E-state index in [4.69, 9.17) is 9.47 Å². The zero-order valence-electron chi connectivity index (χ0n) is 20.2. The number of esters is 1. The van der Waals surface area contributed by atoms with Crippen LogP contribution in [0, 0.1) is 0 Å². The van der Waals surface area contributed by atoms with Crippen LogP contribution in [-0.2, 0) is 4.74 Å². The summed E-state index contributed by atoms with van der Waals surface area (Å²) in [6, 6.07) is 24.3. The van der Waals surface area contributed by atoms with Gasteiger partial charge in [0.05, 0.1) is 19.1 Å². The number of methoxy groups -OCH3 is 1. The molecule has 0 saturated heterocycles. The van der Waals surface area contributed by atoms with Crippen LogP contribution in [0.2, 0.25) is 0 Å². The molecule has 0 bridgehead atoms. The standard InChI is InChI=1S/C29H25N3O4/c1-29(2)17-22(33)21-16-20(14-15-23(21)36-29)30-27-25(28(34)35-3)24(18-10-6-4-7-11-18)26(31-32-27)19-12-8-5-9-13-19/h4-16H,17H2,1-3H3,(H,30,32). The fraction of sp³-hybridized carbons (Fsp3) is 0.172. The first-order chi connectivity index (χ1) is 17.4. The third-order valence-corrected chi connectivity index (χ3v) is 5.99. The minimum Gasteiger partial charge on any atom is -0.487 e. The number of carbonyl (C=O) groups excluding carboxylic acids is 2. The maximum atomic E-state index is 13.2. The number of fused-ring (bicyclic) bond motifs is 1. The molecule has 3 aromatic carbocycles. The molecule has 180 valence electrons. The summed E-state index contributed by atoms with van der Waals surface area (Å²) in [4.78, 5) is 25.9. The van der Waals surface area contributed by atoms with E-state index in [1.165, 1.54) is 7.11 Å². The van der Waals surface area contributed by atoms with Gasteiger partial charge in [0.25, 0.3) is 0 Å². The maximum Gasteiger partial charge on any atom is 0.342 e. The zero-order chi connectivity index (χ0) is 25.3. The van der Waals surface area contributed by atoms with Gasteiger partial charge in [-0.25, -0.2) is 4.79 Å². The summed E-state index contributed by atoms with van der Waals surface area (Å²) in [5, 5.41) is 12.1. The van der Waals surface area contributed by atoms with Crippen molar-refractivity contribution in [2.75, 3.05) is 12.4 Å². The van der Waals surface area contributed by atoms with E-state index in [1.807, 2.05) is 74.5 Å². The number of anilines is 2. The highest BCUT2D eigenvalue weighted by Gasteiger charge is 2.33. The fourth-order valence-corrected chi connectivity index (χ4v) is 4.38. The molecule has 7 nitrogen and oxygen atoms in total. The highest BCUT2D eigenvalue weighted by molar-refractivity contribution is 6.06. The molecule has 0 saturated carbocycles. The van der Waals surface area contributed by atoms with Gasteiger partial charge in [0.1, 0.15) is 22.6 Å². The monoisotopic (exact) mass is 479 g/mol. The average molecular weight is 480 g/mol. The summed E-state index contributed by atoms with van der Waals surface area (Å²) in [5.74, 6) is 0.200. The van der Waals surface area contributed by atoms with E-state index >= 15 is 0 Å². The molecule has 0 unspecified atom stereocenters. The van der Waals surface area contributed by atoms with Gasteiger partial charge in [-0.2, -0.15) is 0 Å². The Kier molecular flexibility index (Phi) is 5.98. The molecule has 0 radical (unpaired) electrons. The van der Waals surface area contributed by atoms with Crippen molar-refractivity contribution in [3.05, 3.63) is 90.0 Å². The number of Topliss-reactive ketones (excluding diaryl/α,β-unsaturated/α-hetero) is 1. The van der Waals surface area contributed by atoms with E-state index < -0.39 is 11.6 Å². The number of aromatic nitrogens is 2. The van der Waals surface area contributed by atoms with Gasteiger partial charge in [0.2, 0.25) is 0 Å². The molecule has 1 aliphatic heterocycles. The van der Waals surface area contributed by atoms with E-state index in [-0.39, 0.29) is 23.6 Å². The summed E-state index contributed by atoms with van der Waals surface area (Å²) in [6.07, 6.45) is 0.278. The number of hydrogen-bond acceptors (Lipinski definition) is 7. The van der Waals surface area contributed by atoms with Gasteiger partial charge in [0, 0.05) is 16.8 Å². The van der Waals surface area contributed by atoms with E-state index in [2.05, 4.69) is 15.5 Å². The lowest BCUT2D eigenvalue weighted by Crippen LogP contribution is -2.35. The number of nitrogens with one attached hydrogen (secondary N) is 1. The molecule has 0 aliphatic carbocycles. The van der Waals surface area contributed by atoms with Crippen LogP contribution in [0.4, 0.5) is 11.5 Å². The molecule has 1 aromatic heterocycles. The number of ketones is 1. The SMILES string of the molecule is COC(=O)c1c(Nc2ccc3c(c2)C(=O)CC(C)(C)O3)nnc(-c2ccccc2)c1-c1ccccc1. The van der Waals surface area contributed by atoms with Gasteiger partial charge in [-0.1, -0.05) is 60.7 Å². The molecule has 0 atom stereocenters. The smallest absolute Gasteiger partial charge is 0.342 e. The lowest BCUT2D eigenvalue weighted by Gasteiger charge is -2.31. The second-order valence-electron chi connectivity index (χ2n) is 9.17. The van der Waals surface area contributed by atoms with Crippen LogP contribution in [0.3, 0.4) is 0 Å². The van der Waals surface area contributed by atoms with E-state index in [9.17, 15) is 9.59 Å². The highest BCUT2D eigenvalue weighted by Crippen LogP contribution is 2.39. The van der Waals surface area contributed by atoms with Crippen LogP contribution in [-0.4, -0.2) is 34.7 Å². The number of rotatable bonds is 5. The Hall–Kier alpha value is -4.52. The third kappa shape index (κ3) is 4.43. The van der Waals surface area contributed by atoms with Crippen LogP contribution in [0.5, 0.6) is 5.75 Å². The first-order valence-electron chi connectivity index (χ1n) is 11.6. The Bertz CT molecular complexity index is 1450. The molecule has 36 heavy (non-hydrogen) atoms. The predicted molar refractivity (Wildman–Crippen MR) is 138 cm³/mol. The van der Waals surface area contributed by atoms with Gasteiger partial charge in [-0.05, 0) is 37.6 Å². The van der Waals surface area contributed by atoms with Gasteiger partial charge < -0.3 is 14.8 Å². The lowest BCUT2D eigenvalue weighted by atomic mass is 9.93. The quantitative estimate of drug-likeness (QED) is 0.347. The Morgan fingerprint density at radius 2 is 1.61 bits per heavy atom. The number of hydrogen-bond donors (Lipinski definition) is 1. The molecule has 4 aromatic rings. The summed E-state index contributed by atoms with van der Waals surface area (Å²) in [7, 11) is 1.33. The van der Waals surface area contributed by atoms with Crippen molar-refractivity contribution >= 4 is 23.3 Å². The average Bonchev–Trinajstić information content (AvgIpc) is 2.89. The first-order valence-corrected chi connectivity index (χ1v) is 11.6. The molecule has 1 aliphatic rings. The molecule has 2 heterocycles. The van der Waals surface area contributed by atoms with Gasteiger partial charge in [-0.3, -0.25) is 4.79 Å². The van der Waals surface area contributed by atoms with Crippen molar-refractivity contribution in [3.63, 3.8) is 0 Å². The summed E-state index contributed by atoms with van der Waals surface area (Å²) in [5.41, 5.74) is 3.53. The predicted octanol–water partition coefficient (Wildman–Crippen LogP) is 6.08. The Labute approximate surface area is 209 Å². The number of benzene rings is 3. The van der Waals surface area contributed by atoms with Crippen molar-refractivity contribution in [1.29, 1.82) is 0 Å². The fourth-order valence-electron chi connectivity index (χ4n) is 4.38. The highest BCUT2D eigenvalue weighted by atomic mass is 16.5. The van der Waals surface area contributed by atoms with Crippen LogP contribution >= 0.6 is 0 Å². The lowest BCUT2D eigenvalue weighted by molar-refractivity contribution is 0.0597. The van der Waals surface area contributed by atoms with E-state index in [1.54, 1.807) is 18.2 Å². The second kappa shape index (κ2) is 9.26. The number of carbonyl (C=O) groups is 2. The van der Waals surface area contributed by atoms with Crippen molar-refractivity contribution < 1.29 is 19.1 Å². The van der Waals surface area contributed by atoms with E-state index in [0.717, 1.165) is 11.1 Å². The zero-order valence-corrected chi connectivity index (χ0v) is 20.2. The van der Waals surface area contributed by atoms with Crippen molar-refractivity contribution in [3.8, 4) is 28.1 Å². The first kappa shape index (κ1) is 23.2. The van der Waals surface area contributed by atoms with Gasteiger partial charge in [0.15, 0.2) is 11.6 Å². The second-order valence-corrected chi connectivity index (χ2v) is 9.17. The summed E-state index contributed by atoms with van der Waals surface area (Å²) < 4.78 is 11.1. The van der Waals surface area contributed by atoms with E-state index in [0.29, 0.717) is 28.3 Å². The molecule has 1 N–H and O–H groups in total.